The van der Waals surface area contributed by atoms with Gasteiger partial charge in [0, 0.05) is 12.5 Å². The molecule has 1 aliphatic heterocycles. The summed E-state index contributed by atoms with van der Waals surface area (Å²) in [6.45, 7) is 10.3. The van der Waals surface area contributed by atoms with Crippen molar-refractivity contribution in [1.82, 2.24) is 31.9 Å². The van der Waals surface area contributed by atoms with Crippen molar-refractivity contribution in [3.63, 3.8) is 0 Å². The van der Waals surface area contributed by atoms with Crippen LogP contribution in [0.2, 0.25) is 0 Å². The molecule has 232 valence electrons. The lowest BCUT2D eigenvalue weighted by atomic mass is 9.92. The Bertz CT molecular complexity index is 1140. The largest absolute Gasteiger partial charge is 0.370 e. The highest BCUT2D eigenvalue weighted by atomic mass is 16.2. The second-order valence-corrected chi connectivity index (χ2v) is 11.3. The van der Waals surface area contributed by atoms with Gasteiger partial charge in [-0.25, -0.2) is 0 Å². The number of guanidine groups is 1. The van der Waals surface area contributed by atoms with Crippen LogP contribution in [-0.4, -0.2) is 65.7 Å². The molecule has 0 saturated carbocycles. The molecule has 5 amide bonds. The Labute approximate surface area is 247 Å². The van der Waals surface area contributed by atoms with E-state index in [1.807, 2.05) is 6.92 Å². The monoisotopic (exact) mass is 586 g/mol. The predicted octanol–water partition coefficient (Wildman–Crippen LogP) is 0.172. The molecule has 13 nitrogen and oxygen atoms in total. The molecule has 0 bridgehead atoms. The van der Waals surface area contributed by atoms with Crippen LogP contribution < -0.4 is 37.6 Å². The zero-order chi connectivity index (χ0) is 31.6. The molecule has 42 heavy (non-hydrogen) atoms. The molecule has 1 fully saturated rings. The van der Waals surface area contributed by atoms with Crippen LogP contribution in [0.3, 0.4) is 0 Å². The number of carbonyl (C=O) groups is 5. The van der Waals surface area contributed by atoms with Gasteiger partial charge in [-0.15, -0.1) is 0 Å². The van der Waals surface area contributed by atoms with Gasteiger partial charge >= 0.3 is 0 Å². The first-order chi connectivity index (χ1) is 19.7. The van der Waals surface area contributed by atoms with Crippen LogP contribution in [-0.2, 0) is 24.0 Å². The molecular formula is C29H46N8O5. The number of rotatable bonds is 8. The molecular weight excluding hydrogens is 540 g/mol. The Kier molecular flexibility index (Phi) is 12.3. The summed E-state index contributed by atoms with van der Waals surface area (Å²) in [5.74, 6) is -3.98. The summed E-state index contributed by atoms with van der Waals surface area (Å²) in [5.41, 5.74) is 4.60. The van der Waals surface area contributed by atoms with E-state index in [2.05, 4.69) is 31.9 Å². The highest BCUT2D eigenvalue weighted by Gasteiger charge is 2.41. The molecule has 1 aromatic carbocycles. The quantitative estimate of drug-likeness (QED) is 0.156. The topological polar surface area (TPSA) is 207 Å². The van der Waals surface area contributed by atoms with E-state index in [9.17, 15) is 24.0 Å². The van der Waals surface area contributed by atoms with Crippen LogP contribution in [0.5, 0.6) is 0 Å². The Morgan fingerprint density at radius 2 is 1.60 bits per heavy atom. The minimum absolute atomic E-state index is 0.0146. The van der Waals surface area contributed by atoms with Gasteiger partial charge in [-0.1, -0.05) is 71.4 Å². The van der Waals surface area contributed by atoms with Gasteiger partial charge in [0.15, 0.2) is 5.96 Å². The normalized spacial score (nSPS) is 25.5. The van der Waals surface area contributed by atoms with Gasteiger partial charge in [-0.3, -0.25) is 29.4 Å². The molecule has 2 rings (SSSR count). The second-order valence-electron chi connectivity index (χ2n) is 11.3. The number of carbonyl (C=O) groups excluding carboxylic acids is 5. The average molecular weight is 587 g/mol. The first kappa shape index (κ1) is 34.0. The molecule has 0 radical (unpaired) electrons. The lowest BCUT2D eigenvalue weighted by Crippen LogP contribution is -2.67. The molecule has 1 saturated heterocycles. The highest BCUT2D eigenvalue weighted by Crippen LogP contribution is 2.18. The van der Waals surface area contributed by atoms with Crippen molar-refractivity contribution in [2.45, 2.75) is 90.5 Å². The van der Waals surface area contributed by atoms with E-state index in [0.717, 1.165) is 0 Å². The molecule has 13 heteroatoms. The fourth-order valence-electron chi connectivity index (χ4n) is 4.58. The Balaban J connectivity index is 2.63. The van der Waals surface area contributed by atoms with E-state index in [0.29, 0.717) is 18.4 Å². The molecule has 9 N–H and O–H groups in total. The number of amides is 5. The summed E-state index contributed by atoms with van der Waals surface area (Å²) < 4.78 is 0. The molecule has 0 spiro atoms. The Morgan fingerprint density at radius 1 is 0.976 bits per heavy atom. The van der Waals surface area contributed by atoms with Crippen molar-refractivity contribution in [3.8, 4) is 0 Å². The zero-order valence-electron chi connectivity index (χ0n) is 25.3. The molecule has 0 aliphatic carbocycles. The molecule has 0 aromatic heterocycles. The van der Waals surface area contributed by atoms with Crippen LogP contribution in [0.1, 0.15) is 72.4 Å². The fourth-order valence-corrected chi connectivity index (χ4v) is 4.58. The smallest absolute Gasteiger partial charge is 0.247 e. The van der Waals surface area contributed by atoms with Gasteiger partial charge < -0.3 is 37.6 Å². The molecule has 6 atom stereocenters. The van der Waals surface area contributed by atoms with E-state index < -0.39 is 65.2 Å². The average Bonchev–Trinajstić information content (AvgIpc) is 2.95. The summed E-state index contributed by atoms with van der Waals surface area (Å²) in [5, 5.41) is 24.3. The van der Waals surface area contributed by atoms with Crippen molar-refractivity contribution in [2.24, 2.45) is 17.6 Å². The predicted molar refractivity (Wildman–Crippen MR) is 159 cm³/mol. The lowest BCUT2D eigenvalue weighted by molar-refractivity contribution is -0.138. The van der Waals surface area contributed by atoms with Crippen molar-refractivity contribution in [2.75, 3.05) is 6.54 Å². The van der Waals surface area contributed by atoms with E-state index >= 15 is 0 Å². The first-order valence-corrected chi connectivity index (χ1v) is 14.4. The van der Waals surface area contributed by atoms with E-state index in [4.69, 9.17) is 11.1 Å². The van der Waals surface area contributed by atoms with Crippen LogP contribution in [0.25, 0.3) is 0 Å². The Morgan fingerprint density at radius 3 is 2.14 bits per heavy atom. The summed E-state index contributed by atoms with van der Waals surface area (Å²) >= 11 is 0. The van der Waals surface area contributed by atoms with Gasteiger partial charge in [0.1, 0.15) is 23.7 Å². The number of nitrogens with two attached hydrogens (primary N) is 1. The van der Waals surface area contributed by atoms with Gasteiger partial charge in [-0.2, -0.15) is 0 Å². The number of hydrogen-bond donors (Lipinski definition) is 8. The lowest BCUT2D eigenvalue weighted by Gasteiger charge is -2.36. The van der Waals surface area contributed by atoms with Crippen LogP contribution in [0.15, 0.2) is 30.3 Å². The molecule has 1 heterocycles. The summed E-state index contributed by atoms with van der Waals surface area (Å²) in [6, 6.07) is 4.50. The van der Waals surface area contributed by atoms with Crippen molar-refractivity contribution >= 4 is 35.5 Å². The van der Waals surface area contributed by atoms with Gasteiger partial charge in [0.2, 0.25) is 29.5 Å². The fraction of sp³-hybridized carbons (Fsp3) is 0.586. The van der Waals surface area contributed by atoms with Crippen molar-refractivity contribution in [1.29, 1.82) is 5.41 Å². The van der Waals surface area contributed by atoms with Crippen molar-refractivity contribution < 1.29 is 24.0 Å². The van der Waals surface area contributed by atoms with E-state index in [1.165, 1.54) is 6.92 Å². The first-order valence-electron chi connectivity index (χ1n) is 14.4. The maximum atomic E-state index is 13.8. The third-order valence-electron chi connectivity index (χ3n) is 7.58. The minimum Gasteiger partial charge on any atom is -0.370 e. The number of benzene rings is 1. The molecule has 1 aliphatic rings. The summed E-state index contributed by atoms with van der Waals surface area (Å²) in [6.07, 6.45) is 0.804. The Hall–Kier alpha value is -4.16. The maximum absolute atomic E-state index is 13.8. The van der Waals surface area contributed by atoms with E-state index in [1.54, 1.807) is 58.0 Å². The second kappa shape index (κ2) is 15.2. The van der Waals surface area contributed by atoms with Crippen molar-refractivity contribution in [3.05, 3.63) is 35.9 Å². The van der Waals surface area contributed by atoms with E-state index in [-0.39, 0.29) is 24.8 Å². The van der Waals surface area contributed by atoms with Gasteiger partial charge in [0.05, 0.1) is 6.04 Å². The third-order valence-corrected chi connectivity index (χ3v) is 7.58. The van der Waals surface area contributed by atoms with Gasteiger partial charge in [-0.05, 0) is 31.2 Å². The standard InChI is InChI=1S/C29H46N8O5/c1-7-17(5)20-25(40)35-21(18-12-10-9-11-13-18)24(39)32-15-14-29(6,37-23(38)16(3)4)27(42)36-22(26(41)34-20)19(8-2)33-28(30)31/h9-13,16-17,19-22H,7-8,14-15H2,1-6H3,(H,32,39)(H,34,41)(H,35,40)(H,36,42)(H,37,38)(H4,30,31,33)/t17-,19?,20+,21-,22+,29-/m1/s1. The molecule has 1 aromatic rings. The SMILES string of the molecule is CCC(NC(=N)N)[C@@H]1NC(=O)[C@](C)(NC(=O)C(C)C)CCNC(=O)[C@@H](c2ccccc2)NC(=O)[C@H]([C@H](C)CC)NC1=O. The van der Waals surface area contributed by atoms with Gasteiger partial charge in [0.25, 0.3) is 0 Å². The highest BCUT2D eigenvalue weighted by molar-refractivity contribution is 5.98. The zero-order valence-corrected chi connectivity index (χ0v) is 25.3. The summed E-state index contributed by atoms with van der Waals surface area (Å²) in [7, 11) is 0. The van der Waals surface area contributed by atoms with Crippen LogP contribution in [0, 0.1) is 17.2 Å². The van der Waals surface area contributed by atoms with Crippen LogP contribution >= 0.6 is 0 Å². The molecule has 1 unspecified atom stereocenters. The van der Waals surface area contributed by atoms with Crippen LogP contribution in [0.4, 0.5) is 0 Å². The summed E-state index contributed by atoms with van der Waals surface area (Å²) in [4.78, 5) is 67.4. The third kappa shape index (κ3) is 8.92. The maximum Gasteiger partial charge on any atom is 0.247 e. The minimum atomic E-state index is -1.52. The number of hydrogen-bond acceptors (Lipinski definition) is 6. The number of nitrogens with one attached hydrogen (secondary N) is 7.